The Hall–Kier alpha value is -0.610. The van der Waals surface area contributed by atoms with Gasteiger partial charge in [0.15, 0.2) is 0 Å². The summed E-state index contributed by atoms with van der Waals surface area (Å²) in [7, 11) is 0. The fourth-order valence-electron chi connectivity index (χ4n) is 1.44. The molecule has 1 rings (SSSR count). The lowest BCUT2D eigenvalue weighted by molar-refractivity contribution is -0.123. The Morgan fingerprint density at radius 1 is 1.69 bits per heavy atom. The van der Waals surface area contributed by atoms with Crippen molar-refractivity contribution in [1.82, 2.24) is 5.32 Å². The summed E-state index contributed by atoms with van der Waals surface area (Å²) in [6.45, 7) is 6.34. The van der Waals surface area contributed by atoms with Gasteiger partial charge in [0.2, 0.25) is 5.91 Å². The molecule has 0 saturated carbocycles. The van der Waals surface area contributed by atoms with Gasteiger partial charge in [-0.2, -0.15) is 0 Å². The molecule has 1 aliphatic rings. The maximum atomic E-state index is 11.3. The Morgan fingerprint density at radius 2 is 2.31 bits per heavy atom. The smallest absolute Gasteiger partial charge is 0.236 e. The van der Waals surface area contributed by atoms with Crippen LogP contribution < -0.4 is 11.1 Å². The second kappa shape index (κ2) is 3.64. The van der Waals surface area contributed by atoms with Gasteiger partial charge in [0.1, 0.15) is 0 Å². The van der Waals surface area contributed by atoms with Crippen LogP contribution in [0.1, 0.15) is 27.2 Å². The summed E-state index contributed by atoms with van der Waals surface area (Å²) in [6, 6.07) is -0.359. The van der Waals surface area contributed by atoms with Crippen LogP contribution in [0.5, 0.6) is 0 Å². The van der Waals surface area contributed by atoms with Crippen molar-refractivity contribution < 1.29 is 9.53 Å². The van der Waals surface area contributed by atoms with E-state index >= 15 is 0 Å². The van der Waals surface area contributed by atoms with E-state index in [1.807, 2.05) is 13.8 Å². The Balaban J connectivity index is 2.50. The average Bonchev–Trinajstić information content (AvgIpc) is 2.30. The minimum absolute atomic E-state index is 0.0889. The molecule has 0 aromatic rings. The van der Waals surface area contributed by atoms with E-state index in [9.17, 15) is 4.79 Å². The van der Waals surface area contributed by atoms with Gasteiger partial charge in [-0.3, -0.25) is 4.79 Å². The van der Waals surface area contributed by atoms with Crippen molar-refractivity contribution >= 4 is 5.91 Å². The Morgan fingerprint density at radius 3 is 2.69 bits per heavy atom. The van der Waals surface area contributed by atoms with Crippen LogP contribution in [0.4, 0.5) is 0 Å². The third-order valence-electron chi connectivity index (χ3n) is 2.45. The number of carbonyl (C=O) groups excluding carboxylic acids is 1. The Bertz CT molecular complexity index is 202. The first-order valence-corrected chi connectivity index (χ1v) is 4.63. The van der Waals surface area contributed by atoms with Gasteiger partial charge in [-0.1, -0.05) is 0 Å². The van der Waals surface area contributed by atoms with Gasteiger partial charge >= 0.3 is 0 Å². The molecule has 4 nitrogen and oxygen atoms in total. The van der Waals surface area contributed by atoms with Gasteiger partial charge in [0.05, 0.1) is 17.7 Å². The molecule has 13 heavy (non-hydrogen) atoms. The van der Waals surface area contributed by atoms with E-state index in [0.29, 0.717) is 6.61 Å². The van der Waals surface area contributed by atoms with Crippen molar-refractivity contribution in [3.05, 3.63) is 0 Å². The first-order valence-electron chi connectivity index (χ1n) is 4.63. The summed E-state index contributed by atoms with van der Waals surface area (Å²) in [6.07, 6.45) is 0.867. The van der Waals surface area contributed by atoms with Crippen LogP contribution in [-0.4, -0.2) is 30.2 Å². The maximum Gasteiger partial charge on any atom is 0.236 e. The van der Waals surface area contributed by atoms with Crippen molar-refractivity contribution in [2.45, 2.75) is 44.9 Å². The molecular formula is C9H18N2O2. The number of nitrogens with two attached hydrogens (primary N) is 1. The Kier molecular flexibility index (Phi) is 2.93. The molecule has 1 amide bonds. The van der Waals surface area contributed by atoms with Crippen LogP contribution in [0.15, 0.2) is 0 Å². The molecule has 0 radical (unpaired) electrons. The summed E-state index contributed by atoms with van der Waals surface area (Å²) in [4.78, 5) is 11.3. The van der Waals surface area contributed by atoms with Gasteiger partial charge in [0.25, 0.3) is 0 Å². The Labute approximate surface area is 78.8 Å². The van der Waals surface area contributed by atoms with Crippen LogP contribution in [0.3, 0.4) is 0 Å². The molecule has 0 aromatic heterocycles. The van der Waals surface area contributed by atoms with E-state index < -0.39 is 6.04 Å². The van der Waals surface area contributed by atoms with Crippen molar-refractivity contribution in [1.29, 1.82) is 0 Å². The van der Waals surface area contributed by atoms with E-state index in [4.69, 9.17) is 10.5 Å². The predicted molar refractivity (Wildman–Crippen MR) is 50.2 cm³/mol. The van der Waals surface area contributed by atoms with Crippen LogP contribution in [0.2, 0.25) is 0 Å². The van der Waals surface area contributed by atoms with Gasteiger partial charge in [-0.15, -0.1) is 0 Å². The van der Waals surface area contributed by atoms with Crippen molar-refractivity contribution in [2.75, 3.05) is 6.61 Å². The largest absolute Gasteiger partial charge is 0.373 e. The van der Waals surface area contributed by atoms with E-state index in [-0.39, 0.29) is 17.6 Å². The number of nitrogens with one attached hydrogen (secondary N) is 1. The summed E-state index contributed by atoms with van der Waals surface area (Å²) in [5, 5.41) is 2.88. The minimum Gasteiger partial charge on any atom is -0.373 e. The predicted octanol–water partition coefficient (Wildman–Crippen LogP) is 0.0173. The quantitative estimate of drug-likeness (QED) is 0.639. The van der Waals surface area contributed by atoms with Gasteiger partial charge in [0, 0.05) is 6.61 Å². The fraction of sp³-hybridized carbons (Fsp3) is 0.889. The summed E-state index contributed by atoms with van der Waals surface area (Å²) < 4.78 is 5.48. The van der Waals surface area contributed by atoms with Crippen LogP contribution in [0, 0.1) is 0 Å². The minimum atomic E-state index is -0.448. The first-order chi connectivity index (χ1) is 5.93. The third kappa shape index (κ3) is 2.42. The second-order valence-electron chi connectivity index (χ2n) is 4.09. The third-order valence-corrected chi connectivity index (χ3v) is 2.45. The lowest BCUT2D eigenvalue weighted by Gasteiger charge is -2.27. The molecule has 1 fully saturated rings. The van der Waals surface area contributed by atoms with Crippen LogP contribution >= 0.6 is 0 Å². The van der Waals surface area contributed by atoms with E-state index in [1.165, 1.54) is 0 Å². The van der Waals surface area contributed by atoms with Crippen molar-refractivity contribution in [2.24, 2.45) is 5.73 Å². The second-order valence-corrected chi connectivity index (χ2v) is 4.09. The highest BCUT2D eigenvalue weighted by Crippen LogP contribution is 2.24. The monoisotopic (exact) mass is 186 g/mol. The summed E-state index contributed by atoms with van der Waals surface area (Å²) in [5.41, 5.74) is 5.19. The number of ether oxygens (including phenoxy) is 1. The summed E-state index contributed by atoms with van der Waals surface area (Å²) in [5.74, 6) is -0.108. The van der Waals surface area contributed by atoms with Crippen molar-refractivity contribution in [3.8, 4) is 0 Å². The lowest BCUT2D eigenvalue weighted by Crippen LogP contribution is -2.50. The number of hydrogen-bond donors (Lipinski definition) is 2. The molecule has 0 bridgehead atoms. The zero-order chi connectivity index (χ0) is 10.1. The SMILES string of the molecule is C[C@H](N)C(=O)NC1CCOC1(C)C. The standard InChI is InChI=1S/C9H18N2O2/c1-6(10)8(12)11-7-4-5-13-9(7,2)3/h6-7H,4-5,10H2,1-3H3,(H,11,12)/t6-,7?/m0/s1. The van der Waals surface area contributed by atoms with E-state index in [0.717, 1.165) is 6.42 Å². The molecule has 2 atom stereocenters. The highest BCUT2D eigenvalue weighted by molar-refractivity contribution is 5.81. The molecule has 1 heterocycles. The van der Waals surface area contributed by atoms with Gasteiger partial charge < -0.3 is 15.8 Å². The van der Waals surface area contributed by atoms with Gasteiger partial charge in [-0.05, 0) is 27.2 Å². The normalized spacial score (nSPS) is 28.5. The first kappa shape index (κ1) is 10.5. The summed E-state index contributed by atoms with van der Waals surface area (Å²) >= 11 is 0. The molecule has 0 spiro atoms. The zero-order valence-electron chi connectivity index (χ0n) is 8.46. The molecule has 1 unspecified atom stereocenters. The van der Waals surface area contributed by atoms with Crippen molar-refractivity contribution in [3.63, 3.8) is 0 Å². The number of hydrogen-bond acceptors (Lipinski definition) is 3. The molecule has 76 valence electrons. The zero-order valence-corrected chi connectivity index (χ0v) is 8.46. The van der Waals surface area contributed by atoms with E-state index in [2.05, 4.69) is 5.32 Å². The van der Waals surface area contributed by atoms with Crippen LogP contribution in [-0.2, 0) is 9.53 Å². The maximum absolute atomic E-state index is 11.3. The van der Waals surface area contributed by atoms with Crippen LogP contribution in [0.25, 0.3) is 0 Å². The molecule has 1 aliphatic heterocycles. The number of rotatable bonds is 2. The highest BCUT2D eigenvalue weighted by atomic mass is 16.5. The molecule has 3 N–H and O–H groups in total. The highest BCUT2D eigenvalue weighted by Gasteiger charge is 2.36. The molecule has 0 aliphatic carbocycles. The molecule has 1 saturated heterocycles. The number of carbonyl (C=O) groups is 1. The average molecular weight is 186 g/mol. The fourth-order valence-corrected chi connectivity index (χ4v) is 1.44. The molecule has 0 aromatic carbocycles. The lowest BCUT2D eigenvalue weighted by atomic mass is 9.99. The van der Waals surface area contributed by atoms with E-state index in [1.54, 1.807) is 6.92 Å². The molecule has 4 heteroatoms. The topological polar surface area (TPSA) is 64.4 Å². The number of amides is 1. The van der Waals surface area contributed by atoms with Gasteiger partial charge in [-0.25, -0.2) is 0 Å². The molecular weight excluding hydrogens is 168 g/mol.